The number of β-amino-alcohol motifs (C(OH)–C–C–N with tert-alkyl or cyclic N) is 1. The fourth-order valence-electron chi connectivity index (χ4n) is 1.98. The van der Waals surface area contributed by atoms with Gasteiger partial charge in [0.15, 0.2) is 0 Å². The largest absolute Gasteiger partial charge is 0.391 e. The van der Waals surface area contributed by atoms with E-state index in [1.165, 1.54) is 0 Å². The van der Waals surface area contributed by atoms with Crippen LogP contribution in [0.15, 0.2) is 22.7 Å². The third-order valence-corrected chi connectivity index (χ3v) is 3.89. The third-order valence-electron chi connectivity index (χ3n) is 3.04. The van der Waals surface area contributed by atoms with Crippen molar-refractivity contribution in [3.05, 3.63) is 33.3 Å². The Labute approximate surface area is 115 Å². The lowest BCUT2D eigenvalue weighted by Gasteiger charge is -2.14. The number of rotatable bonds is 4. The minimum atomic E-state index is -0.233. The number of hydrogen-bond acceptors (Lipinski definition) is 3. The minimum Gasteiger partial charge on any atom is -0.391 e. The van der Waals surface area contributed by atoms with Crippen LogP contribution in [0.5, 0.6) is 0 Å². The summed E-state index contributed by atoms with van der Waals surface area (Å²) in [6, 6.07) is 5.88. The Morgan fingerprint density at radius 2 is 2.29 bits per heavy atom. The van der Waals surface area contributed by atoms with Crippen molar-refractivity contribution in [3.8, 4) is 0 Å². The van der Waals surface area contributed by atoms with E-state index in [1.807, 2.05) is 18.2 Å². The second-order valence-electron chi connectivity index (χ2n) is 4.35. The SMILES string of the molecule is OC1CNCC1CNCc1ccc(Br)cc1Cl. The van der Waals surface area contributed by atoms with Crippen molar-refractivity contribution in [3.63, 3.8) is 0 Å². The van der Waals surface area contributed by atoms with Crippen LogP contribution in [0.1, 0.15) is 5.56 Å². The van der Waals surface area contributed by atoms with E-state index < -0.39 is 0 Å². The molecule has 0 aliphatic carbocycles. The second-order valence-corrected chi connectivity index (χ2v) is 5.68. The first kappa shape index (κ1) is 13.3. The lowest BCUT2D eigenvalue weighted by molar-refractivity contribution is 0.146. The maximum Gasteiger partial charge on any atom is 0.0716 e. The van der Waals surface area contributed by atoms with E-state index in [2.05, 4.69) is 26.6 Å². The second kappa shape index (κ2) is 6.16. The molecule has 17 heavy (non-hydrogen) atoms. The fraction of sp³-hybridized carbons (Fsp3) is 0.500. The van der Waals surface area contributed by atoms with Crippen LogP contribution in [0.4, 0.5) is 0 Å². The van der Waals surface area contributed by atoms with E-state index in [0.29, 0.717) is 12.5 Å². The van der Waals surface area contributed by atoms with E-state index in [9.17, 15) is 5.11 Å². The maximum absolute atomic E-state index is 9.64. The molecule has 94 valence electrons. The molecule has 0 aromatic heterocycles. The Kier molecular flexibility index (Phi) is 4.82. The average molecular weight is 320 g/mol. The predicted molar refractivity (Wildman–Crippen MR) is 73.2 cm³/mol. The molecule has 2 unspecified atom stereocenters. The van der Waals surface area contributed by atoms with E-state index >= 15 is 0 Å². The first-order chi connectivity index (χ1) is 8.16. The van der Waals surface area contributed by atoms with Crippen LogP contribution in [-0.2, 0) is 6.54 Å². The average Bonchev–Trinajstić information content (AvgIpc) is 2.68. The zero-order chi connectivity index (χ0) is 12.3. The molecule has 3 nitrogen and oxygen atoms in total. The molecule has 5 heteroatoms. The lowest BCUT2D eigenvalue weighted by atomic mass is 10.1. The van der Waals surface area contributed by atoms with Crippen LogP contribution < -0.4 is 10.6 Å². The molecular formula is C12H16BrClN2O. The van der Waals surface area contributed by atoms with Crippen LogP contribution in [0, 0.1) is 5.92 Å². The maximum atomic E-state index is 9.64. The van der Waals surface area contributed by atoms with Crippen molar-refractivity contribution in [2.24, 2.45) is 5.92 Å². The van der Waals surface area contributed by atoms with Crippen LogP contribution in [0.3, 0.4) is 0 Å². The van der Waals surface area contributed by atoms with Crippen LogP contribution in [0.25, 0.3) is 0 Å². The number of hydrogen-bond donors (Lipinski definition) is 3. The predicted octanol–water partition coefficient (Wildman–Crippen LogP) is 1.77. The van der Waals surface area contributed by atoms with Gasteiger partial charge in [-0.1, -0.05) is 33.6 Å². The third kappa shape index (κ3) is 3.66. The Morgan fingerprint density at radius 1 is 1.47 bits per heavy atom. The van der Waals surface area contributed by atoms with Gasteiger partial charge in [0.25, 0.3) is 0 Å². The molecule has 1 fully saturated rings. The highest BCUT2D eigenvalue weighted by Gasteiger charge is 2.24. The summed E-state index contributed by atoms with van der Waals surface area (Å²) in [5, 5.41) is 16.9. The molecule has 0 spiro atoms. The standard InChI is InChI=1S/C12H16BrClN2O/c13-10-2-1-8(11(14)3-10)4-15-5-9-6-16-7-12(9)17/h1-3,9,12,15-17H,4-7H2. The van der Waals surface area contributed by atoms with Gasteiger partial charge in [0, 0.05) is 41.6 Å². The quantitative estimate of drug-likeness (QED) is 0.792. The normalized spacial score (nSPS) is 24.2. The number of benzene rings is 1. The van der Waals surface area contributed by atoms with Crippen LogP contribution >= 0.6 is 27.5 Å². The Balaban J connectivity index is 1.81. The summed E-state index contributed by atoms with van der Waals surface area (Å²) in [5.74, 6) is 0.296. The topological polar surface area (TPSA) is 44.3 Å². The van der Waals surface area contributed by atoms with Crippen molar-refractivity contribution in [2.75, 3.05) is 19.6 Å². The van der Waals surface area contributed by atoms with Gasteiger partial charge in [-0.25, -0.2) is 0 Å². The van der Waals surface area contributed by atoms with E-state index in [-0.39, 0.29) is 6.10 Å². The van der Waals surface area contributed by atoms with Gasteiger partial charge < -0.3 is 15.7 Å². The van der Waals surface area contributed by atoms with Crippen LogP contribution in [-0.4, -0.2) is 30.8 Å². The summed E-state index contributed by atoms with van der Waals surface area (Å²) in [7, 11) is 0. The van der Waals surface area contributed by atoms with Crippen molar-refractivity contribution in [1.82, 2.24) is 10.6 Å². The van der Waals surface area contributed by atoms with Gasteiger partial charge in [0.05, 0.1) is 6.10 Å². The van der Waals surface area contributed by atoms with E-state index in [1.54, 1.807) is 0 Å². The number of aliphatic hydroxyl groups excluding tert-OH is 1. The molecule has 1 aliphatic rings. The molecule has 1 aromatic carbocycles. The van der Waals surface area contributed by atoms with Gasteiger partial charge in [-0.15, -0.1) is 0 Å². The van der Waals surface area contributed by atoms with Crippen molar-refractivity contribution < 1.29 is 5.11 Å². The molecule has 1 heterocycles. The molecular weight excluding hydrogens is 304 g/mol. The van der Waals surface area contributed by atoms with Gasteiger partial charge in [0.2, 0.25) is 0 Å². The fourth-order valence-corrected chi connectivity index (χ4v) is 2.73. The molecule has 2 rings (SSSR count). The number of nitrogens with one attached hydrogen (secondary N) is 2. The minimum absolute atomic E-state index is 0.233. The molecule has 2 atom stereocenters. The van der Waals surface area contributed by atoms with Crippen molar-refractivity contribution >= 4 is 27.5 Å². The van der Waals surface area contributed by atoms with Crippen molar-refractivity contribution in [1.29, 1.82) is 0 Å². The molecule has 0 amide bonds. The smallest absolute Gasteiger partial charge is 0.0716 e. The van der Waals surface area contributed by atoms with Gasteiger partial charge in [-0.3, -0.25) is 0 Å². The summed E-state index contributed by atoms with van der Waals surface area (Å²) in [5.41, 5.74) is 1.08. The van der Waals surface area contributed by atoms with Crippen molar-refractivity contribution in [2.45, 2.75) is 12.6 Å². The molecule has 0 saturated carbocycles. The zero-order valence-electron chi connectivity index (χ0n) is 9.42. The summed E-state index contributed by atoms with van der Waals surface area (Å²) in [4.78, 5) is 0. The van der Waals surface area contributed by atoms with Gasteiger partial charge in [-0.05, 0) is 17.7 Å². The van der Waals surface area contributed by atoms with Gasteiger partial charge >= 0.3 is 0 Å². The van der Waals surface area contributed by atoms with E-state index in [4.69, 9.17) is 11.6 Å². The van der Waals surface area contributed by atoms with E-state index in [0.717, 1.165) is 34.7 Å². The highest BCUT2D eigenvalue weighted by Crippen LogP contribution is 2.21. The first-order valence-electron chi connectivity index (χ1n) is 5.70. The summed E-state index contributed by atoms with van der Waals surface area (Å²) in [6.07, 6.45) is -0.233. The Morgan fingerprint density at radius 3 is 2.94 bits per heavy atom. The molecule has 0 bridgehead atoms. The number of aliphatic hydroxyl groups is 1. The van der Waals surface area contributed by atoms with Gasteiger partial charge in [0.1, 0.15) is 0 Å². The summed E-state index contributed by atoms with van der Waals surface area (Å²) >= 11 is 9.50. The Bertz CT molecular complexity index is 389. The molecule has 1 aromatic rings. The van der Waals surface area contributed by atoms with Crippen LogP contribution in [0.2, 0.25) is 5.02 Å². The number of halogens is 2. The molecule has 3 N–H and O–H groups in total. The molecule has 1 aliphatic heterocycles. The lowest BCUT2D eigenvalue weighted by Crippen LogP contribution is -2.30. The Hall–Kier alpha value is -0.130. The molecule has 1 saturated heterocycles. The highest BCUT2D eigenvalue weighted by atomic mass is 79.9. The monoisotopic (exact) mass is 318 g/mol. The molecule has 0 radical (unpaired) electrons. The summed E-state index contributed by atoms with van der Waals surface area (Å²) < 4.78 is 0.988. The first-order valence-corrected chi connectivity index (χ1v) is 6.87. The zero-order valence-corrected chi connectivity index (χ0v) is 11.8. The highest BCUT2D eigenvalue weighted by molar-refractivity contribution is 9.10. The van der Waals surface area contributed by atoms with Gasteiger partial charge in [-0.2, -0.15) is 0 Å². The summed E-state index contributed by atoms with van der Waals surface area (Å²) in [6.45, 7) is 3.11.